The number of oxazole rings is 1. The molecule has 1 aromatic heterocycles. The third-order valence-corrected chi connectivity index (χ3v) is 3.77. The average molecular weight is 401 g/mol. The van der Waals surface area contributed by atoms with Crippen LogP contribution in [0.2, 0.25) is 5.02 Å². The van der Waals surface area contributed by atoms with E-state index in [0.29, 0.717) is 0 Å². The van der Waals surface area contributed by atoms with Gasteiger partial charge in [0.1, 0.15) is 0 Å². The predicted molar refractivity (Wildman–Crippen MR) is 102 cm³/mol. The van der Waals surface area contributed by atoms with Crippen LogP contribution >= 0.6 is 48.8 Å². The van der Waals surface area contributed by atoms with Crippen molar-refractivity contribution in [2.45, 2.75) is 13.5 Å². The van der Waals surface area contributed by atoms with Crippen molar-refractivity contribution in [2.24, 2.45) is 0 Å². The molecule has 0 unspecified atom stereocenters. The normalized spacial score (nSPS) is 14.3. The van der Waals surface area contributed by atoms with Crippen molar-refractivity contribution in [3.63, 3.8) is 0 Å². The molecule has 0 radical (unpaired) electrons. The lowest BCUT2D eigenvalue weighted by molar-refractivity contribution is 0.213. The summed E-state index contributed by atoms with van der Waals surface area (Å²) >= 11 is 5.91. The fraction of sp³-hybridized carbons (Fsp3) is 0.400. The molecule has 0 bridgehead atoms. The highest BCUT2D eigenvalue weighted by atomic mass is 35.5. The van der Waals surface area contributed by atoms with E-state index in [9.17, 15) is 0 Å². The molecule has 0 aliphatic carbocycles. The Balaban J connectivity index is 0.00000161. The number of aryl methyl sites for hydroxylation is 1. The van der Waals surface area contributed by atoms with Gasteiger partial charge in [0.25, 0.3) is 0 Å². The van der Waals surface area contributed by atoms with Crippen LogP contribution in [0.3, 0.4) is 0 Å². The Morgan fingerprint density at radius 1 is 1.13 bits per heavy atom. The SMILES string of the molecule is Cc1nc(CN2CCNCC2)oc1-c1ccc(Cl)cc1.Cl.Cl.Cl. The van der Waals surface area contributed by atoms with Crippen molar-refractivity contribution in [2.75, 3.05) is 26.2 Å². The molecule has 0 amide bonds. The molecule has 2 heterocycles. The van der Waals surface area contributed by atoms with Gasteiger partial charge in [0, 0.05) is 36.8 Å². The maximum atomic E-state index is 5.93. The molecule has 1 aliphatic heterocycles. The third kappa shape index (κ3) is 5.82. The van der Waals surface area contributed by atoms with Crippen molar-refractivity contribution in [1.82, 2.24) is 15.2 Å². The summed E-state index contributed by atoms with van der Waals surface area (Å²) in [6, 6.07) is 7.67. The van der Waals surface area contributed by atoms with Gasteiger partial charge >= 0.3 is 0 Å². The van der Waals surface area contributed by atoms with Crippen LogP contribution in [0.1, 0.15) is 11.6 Å². The fourth-order valence-electron chi connectivity index (χ4n) is 2.45. The Labute approximate surface area is 160 Å². The highest BCUT2D eigenvalue weighted by Gasteiger charge is 2.16. The molecule has 0 atom stereocenters. The first kappa shape index (κ1) is 22.5. The van der Waals surface area contributed by atoms with Crippen LogP contribution in [-0.4, -0.2) is 36.1 Å². The maximum absolute atomic E-state index is 5.93. The van der Waals surface area contributed by atoms with E-state index in [1.54, 1.807) is 0 Å². The summed E-state index contributed by atoms with van der Waals surface area (Å²) in [5.41, 5.74) is 1.95. The smallest absolute Gasteiger partial charge is 0.209 e. The van der Waals surface area contributed by atoms with Crippen molar-refractivity contribution >= 4 is 48.8 Å². The van der Waals surface area contributed by atoms with E-state index < -0.39 is 0 Å². The lowest BCUT2D eigenvalue weighted by Gasteiger charge is -2.25. The van der Waals surface area contributed by atoms with Crippen LogP contribution in [0, 0.1) is 6.92 Å². The van der Waals surface area contributed by atoms with Crippen LogP contribution in [0.15, 0.2) is 28.7 Å². The number of halogens is 4. The second-order valence-electron chi connectivity index (χ2n) is 5.06. The summed E-state index contributed by atoms with van der Waals surface area (Å²) in [6.45, 7) is 6.90. The van der Waals surface area contributed by atoms with Crippen LogP contribution in [0.25, 0.3) is 11.3 Å². The Kier molecular flexibility index (Phi) is 10.2. The van der Waals surface area contributed by atoms with E-state index in [1.807, 2.05) is 31.2 Å². The number of nitrogens with zero attached hydrogens (tertiary/aromatic N) is 2. The summed E-state index contributed by atoms with van der Waals surface area (Å²) in [6.07, 6.45) is 0. The molecule has 130 valence electrons. The minimum atomic E-state index is 0. The van der Waals surface area contributed by atoms with Gasteiger partial charge in [-0.25, -0.2) is 4.98 Å². The van der Waals surface area contributed by atoms with Crippen molar-refractivity contribution < 1.29 is 4.42 Å². The van der Waals surface area contributed by atoms with Crippen molar-refractivity contribution in [3.05, 3.63) is 40.9 Å². The highest BCUT2D eigenvalue weighted by molar-refractivity contribution is 6.30. The summed E-state index contributed by atoms with van der Waals surface area (Å²) in [7, 11) is 0. The highest BCUT2D eigenvalue weighted by Crippen LogP contribution is 2.26. The zero-order chi connectivity index (χ0) is 13.9. The molecule has 23 heavy (non-hydrogen) atoms. The molecule has 1 fully saturated rings. The molecule has 3 rings (SSSR count). The summed E-state index contributed by atoms with van der Waals surface area (Å²) in [4.78, 5) is 6.90. The lowest BCUT2D eigenvalue weighted by atomic mass is 10.1. The Morgan fingerprint density at radius 3 is 2.35 bits per heavy atom. The number of nitrogens with one attached hydrogen (secondary N) is 1. The van der Waals surface area contributed by atoms with E-state index in [1.165, 1.54) is 0 Å². The first-order valence-electron chi connectivity index (χ1n) is 6.88. The predicted octanol–water partition coefficient (Wildman–Crippen LogP) is 3.97. The molecule has 0 spiro atoms. The first-order valence-corrected chi connectivity index (χ1v) is 7.25. The van der Waals surface area contributed by atoms with Gasteiger partial charge in [-0.3, -0.25) is 4.90 Å². The van der Waals surface area contributed by atoms with Gasteiger partial charge in [0.15, 0.2) is 5.76 Å². The molecule has 1 saturated heterocycles. The topological polar surface area (TPSA) is 41.3 Å². The monoisotopic (exact) mass is 399 g/mol. The zero-order valence-electron chi connectivity index (χ0n) is 12.8. The van der Waals surface area contributed by atoms with Crippen LogP contribution in [0.4, 0.5) is 0 Å². The molecule has 2 aromatic rings. The maximum Gasteiger partial charge on any atom is 0.209 e. The van der Waals surface area contributed by atoms with Crippen molar-refractivity contribution in [1.29, 1.82) is 0 Å². The molecule has 0 saturated carbocycles. The first-order chi connectivity index (χ1) is 9.72. The average Bonchev–Trinajstić information content (AvgIpc) is 2.81. The second-order valence-corrected chi connectivity index (χ2v) is 5.49. The Bertz CT molecular complexity index is 583. The van der Waals surface area contributed by atoms with Crippen LogP contribution in [0.5, 0.6) is 0 Å². The summed E-state index contributed by atoms with van der Waals surface area (Å²) in [5, 5.41) is 4.07. The largest absolute Gasteiger partial charge is 0.439 e. The standard InChI is InChI=1S/C15H18ClN3O.3ClH/c1-11-15(12-2-4-13(16)5-3-12)20-14(18-11)10-19-8-6-17-7-9-19;;;/h2-5,17H,6-10H2,1H3;3*1H. The van der Waals surface area contributed by atoms with Gasteiger partial charge in [-0.1, -0.05) is 11.6 Å². The summed E-state index contributed by atoms with van der Waals surface area (Å²) in [5.74, 6) is 1.63. The Hall–Kier alpha value is -0.490. The van der Waals surface area contributed by atoms with Crippen molar-refractivity contribution in [3.8, 4) is 11.3 Å². The second kappa shape index (κ2) is 10.4. The summed E-state index contributed by atoms with van der Waals surface area (Å²) < 4.78 is 5.93. The van der Waals surface area contributed by atoms with Gasteiger partial charge in [0.05, 0.1) is 12.2 Å². The van der Waals surface area contributed by atoms with Gasteiger partial charge in [-0.2, -0.15) is 0 Å². The number of hydrogen-bond acceptors (Lipinski definition) is 4. The number of piperazine rings is 1. The zero-order valence-corrected chi connectivity index (χ0v) is 16.0. The van der Waals surface area contributed by atoms with Gasteiger partial charge < -0.3 is 9.73 Å². The van der Waals surface area contributed by atoms with Gasteiger partial charge in [-0.15, -0.1) is 37.2 Å². The molecule has 1 N–H and O–H groups in total. The molecular formula is C15H21Cl4N3O. The van der Waals surface area contributed by atoms with E-state index in [-0.39, 0.29) is 37.2 Å². The van der Waals surface area contributed by atoms with E-state index in [2.05, 4.69) is 15.2 Å². The minimum absolute atomic E-state index is 0. The Morgan fingerprint density at radius 2 is 1.74 bits per heavy atom. The number of aromatic nitrogens is 1. The molecule has 4 nitrogen and oxygen atoms in total. The number of hydrogen-bond donors (Lipinski definition) is 1. The van der Waals surface area contributed by atoms with Crippen LogP contribution < -0.4 is 5.32 Å². The molecule has 1 aromatic carbocycles. The van der Waals surface area contributed by atoms with E-state index in [0.717, 1.165) is 60.7 Å². The van der Waals surface area contributed by atoms with Crippen LogP contribution in [-0.2, 0) is 6.54 Å². The van der Waals surface area contributed by atoms with Gasteiger partial charge in [0.2, 0.25) is 5.89 Å². The third-order valence-electron chi connectivity index (χ3n) is 3.52. The molecule has 8 heteroatoms. The number of rotatable bonds is 3. The quantitative estimate of drug-likeness (QED) is 0.845. The lowest BCUT2D eigenvalue weighted by Crippen LogP contribution is -2.42. The van der Waals surface area contributed by atoms with E-state index in [4.69, 9.17) is 16.0 Å². The number of benzene rings is 1. The molecule has 1 aliphatic rings. The fourth-order valence-corrected chi connectivity index (χ4v) is 2.58. The molecular weight excluding hydrogens is 380 g/mol. The van der Waals surface area contributed by atoms with Gasteiger partial charge in [-0.05, 0) is 31.2 Å². The van der Waals surface area contributed by atoms with E-state index >= 15 is 0 Å². The minimum Gasteiger partial charge on any atom is -0.439 e.